The van der Waals surface area contributed by atoms with Crippen molar-refractivity contribution in [2.45, 2.75) is 161 Å². The number of hydrogen-bond donors (Lipinski definition) is 3. The van der Waals surface area contributed by atoms with Gasteiger partial charge in [0.1, 0.15) is 17.2 Å². The molecule has 4 aromatic rings. The molecule has 0 fully saturated rings. The van der Waals surface area contributed by atoms with Crippen molar-refractivity contribution in [2.75, 3.05) is 0 Å². The summed E-state index contributed by atoms with van der Waals surface area (Å²) in [5, 5.41) is 34.5. The fourth-order valence-corrected chi connectivity index (χ4v) is 8.64. The van der Waals surface area contributed by atoms with Gasteiger partial charge in [0, 0.05) is 16.7 Å². The van der Waals surface area contributed by atoms with Gasteiger partial charge in [0.05, 0.1) is 19.6 Å². The van der Waals surface area contributed by atoms with E-state index in [0.717, 1.165) is 63.8 Å². The monoisotopic (exact) mass is 741 g/mol. The number of nitrogens with zero attached hydrogens (tertiary/aromatic N) is 3. The Morgan fingerprint density at radius 1 is 0.352 bits per heavy atom. The highest BCUT2D eigenvalue weighted by molar-refractivity contribution is 5.58. The van der Waals surface area contributed by atoms with Crippen molar-refractivity contribution >= 4 is 0 Å². The zero-order valence-corrected chi connectivity index (χ0v) is 36.0. The molecule has 0 aliphatic heterocycles. The Morgan fingerprint density at radius 2 is 0.537 bits per heavy atom. The first-order chi connectivity index (χ1) is 24.5. The Hall–Kier alpha value is -4.53. The van der Waals surface area contributed by atoms with Crippen LogP contribution in [0.5, 0.6) is 17.2 Å². The van der Waals surface area contributed by atoms with Gasteiger partial charge >= 0.3 is 17.1 Å². The minimum Gasteiger partial charge on any atom is -0.507 e. The van der Waals surface area contributed by atoms with Crippen LogP contribution in [0.2, 0.25) is 0 Å². The van der Waals surface area contributed by atoms with Crippen LogP contribution in [-0.4, -0.2) is 29.0 Å². The van der Waals surface area contributed by atoms with E-state index in [1.807, 2.05) is 104 Å². The molecule has 1 heterocycles. The highest BCUT2D eigenvalue weighted by atomic mass is 16.3. The number of hydrogen-bond acceptors (Lipinski definition) is 6. The molecule has 0 aliphatic carbocycles. The largest absolute Gasteiger partial charge is 0.507 e. The molecule has 0 radical (unpaired) electrons. The summed E-state index contributed by atoms with van der Waals surface area (Å²) in [5.41, 5.74) is 7.68. The summed E-state index contributed by atoms with van der Waals surface area (Å²) in [6.45, 7) is 34.7. The molecule has 3 aromatic carbocycles. The minimum absolute atomic E-state index is 0.120. The van der Waals surface area contributed by atoms with Gasteiger partial charge in [-0.15, -0.1) is 0 Å². The standard InChI is InChI=1S/C45H63N3O6/c1-22-25(4)34(43(10,11)12)37(49)28(7)31(22)19-46-40(52)47(20-32-23(2)26(5)35(44(13,14)15)38(50)29(32)8)42(54)48(41(46)53)21-33-24(3)27(6)36(45(16,17)18)39(51)30(33)9/h49-51H,19-21H2,1-18H3. The average Bonchev–Trinajstić information content (AvgIpc) is 3.03. The normalized spacial score (nSPS) is 12.6. The van der Waals surface area contributed by atoms with Crippen LogP contribution in [0.4, 0.5) is 0 Å². The van der Waals surface area contributed by atoms with Gasteiger partial charge in [0.2, 0.25) is 0 Å². The number of rotatable bonds is 6. The van der Waals surface area contributed by atoms with Crippen molar-refractivity contribution in [3.8, 4) is 17.2 Å². The van der Waals surface area contributed by atoms with Crippen molar-refractivity contribution in [3.05, 3.63) is 115 Å². The number of benzene rings is 3. The fourth-order valence-electron chi connectivity index (χ4n) is 8.64. The van der Waals surface area contributed by atoms with Crippen molar-refractivity contribution in [3.63, 3.8) is 0 Å². The lowest BCUT2D eigenvalue weighted by Crippen LogP contribution is -2.55. The van der Waals surface area contributed by atoms with Crippen LogP contribution >= 0.6 is 0 Å². The molecular weight excluding hydrogens is 679 g/mol. The van der Waals surface area contributed by atoms with Crippen LogP contribution in [0.3, 0.4) is 0 Å². The third kappa shape index (κ3) is 6.95. The molecule has 0 amide bonds. The molecular formula is C45H63N3O6. The van der Waals surface area contributed by atoms with Crippen LogP contribution in [0.1, 0.15) is 146 Å². The first-order valence-electron chi connectivity index (χ1n) is 18.9. The zero-order chi connectivity index (χ0) is 41.5. The summed E-state index contributed by atoms with van der Waals surface area (Å²) in [5.74, 6) is 0.360. The SMILES string of the molecule is Cc1c(C)c(C(C)(C)C)c(O)c(C)c1Cn1c(=O)n(Cc2c(C)c(C)c(C(C)(C)C)c(O)c2C)c(=O)n(Cc2c(C)c(C)c(C(C)(C)C)c(O)c2C)c1=O. The number of aromatic nitrogens is 3. The third-order valence-corrected chi connectivity index (χ3v) is 11.9. The van der Waals surface area contributed by atoms with Crippen molar-refractivity contribution in [1.29, 1.82) is 0 Å². The molecule has 0 aliphatic rings. The van der Waals surface area contributed by atoms with E-state index in [9.17, 15) is 29.7 Å². The smallest absolute Gasteiger partial charge is 0.336 e. The quantitative estimate of drug-likeness (QED) is 0.183. The highest BCUT2D eigenvalue weighted by Crippen LogP contribution is 2.42. The van der Waals surface area contributed by atoms with Crippen LogP contribution in [0.15, 0.2) is 14.4 Å². The van der Waals surface area contributed by atoms with Gasteiger partial charge in [0.15, 0.2) is 0 Å². The minimum atomic E-state index is -0.788. The third-order valence-electron chi connectivity index (χ3n) is 11.9. The molecule has 9 nitrogen and oxygen atoms in total. The Labute approximate surface area is 321 Å². The lowest BCUT2D eigenvalue weighted by Gasteiger charge is -2.28. The lowest BCUT2D eigenvalue weighted by atomic mass is 9.79. The van der Waals surface area contributed by atoms with Gasteiger partial charge in [-0.1, -0.05) is 62.3 Å². The predicted octanol–water partition coefficient (Wildman–Crippen LogP) is 8.10. The lowest BCUT2D eigenvalue weighted by molar-refractivity contribution is 0.436. The molecule has 1 aromatic heterocycles. The van der Waals surface area contributed by atoms with E-state index in [1.54, 1.807) is 20.8 Å². The van der Waals surface area contributed by atoms with Crippen molar-refractivity contribution < 1.29 is 15.3 Å². The number of phenols is 3. The summed E-state index contributed by atoms with van der Waals surface area (Å²) >= 11 is 0. The Morgan fingerprint density at radius 3 is 0.704 bits per heavy atom. The van der Waals surface area contributed by atoms with Crippen LogP contribution in [0.25, 0.3) is 0 Å². The maximum absolute atomic E-state index is 14.6. The Balaban J connectivity index is 2.12. The van der Waals surface area contributed by atoms with Gasteiger partial charge in [-0.2, -0.15) is 0 Å². The molecule has 0 bridgehead atoms. The Bertz CT molecular complexity index is 2000. The topological polar surface area (TPSA) is 127 Å². The first-order valence-corrected chi connectivity index (χ1v) is 18.9. The van der Waals surface area contributed by atoms with Gasteiger partial charge in [-0.05, 0) is 145 Å². The van der Waals surface area contributed by atoms with Gasteiger partial charge < -0.3 is 15.3 Å². The van der Waals surface area contributed by atoms with Crippen LogP contribution in [0, 0.1) is 62.3 Å². The van der Waals surface area contributed by atoms with E-state index in [4.69, 9.17) is 0 Å². The Kier molecular flexibility index (Phi) is 10.9. The summed E-state index contributed by atoms with van der Waals surface area (Å²) < 4.78 is 3.23. The van der Waals surface area contributed by atoms with Crippen LogP contribution in [-0.2, 0) is 35.9 Å². The fraction of sp³-hybridized carbons (Fsp3) is 0.533. The second-order valence-electron chi connectivity index (χ2n) is 18.6. The van der Waals surface area contributed by atoms with E-state index >= 15 is 0 Å². The maximum Gasteiger partial charge on any atom is 0.336 e. The van der Waals surface area contributed by atoms with E-state index in [1.165, 1.54) is 0 Å². The predicted molar refractivity (Wildman–Crippen MR) is 220 cm³/mol. The summed E-state index contributed by atoms with van der Waals surface area (Å²) in [7, 11) is 0. The van der Waals surface area contributed by atoms with Crippen LogP contribution < -0.4 is 17.1 Å². The molecule has 54 heavy (non-hydrogen) atoms. The van der Waals surface area contributed by atoms with Crippen molar-refractivity contribution in [1.82, 2.24) is 13.7 Å². The molecule has 0 saturated heterocycles. The summed E-state index contributed by atoms with van der Waals surface area (Å²) in [6.07, 6.45) is 0. The van der Waals surface area contributed by atoms with E-state index in [0.29, 0.717) is 33.4 Å². The number of aromatic hydroxyl groups is 3. The van der Waals surface area contributed by atoms with Crippen molar-refractivity contribution in [2.24, 2.45) is 0 Å². The molecule has 4 rings (SSSR count). The molecule has 0 spiro atoms. The second-order valence-corrected chi connectivity index (χ2v) is 18.6. The second kappa shape index (κ2) is 14.0. The number of phenolic OH excluding ortho intramolecular Hbond substituents is 3. The summed E-state index contributed by atoms with van der Waals surface area (Å²) in [4.78, 5) is 43.8. The zero-order valence-electron chi connectivity index (χ0n) is 36.0. The van der Waals surface area contributed by atoms with Gasteiger partial charge in [-0.3, -0.25) is 0 Å². The van der Waals surface area contributed by atoms with E-state index in [2.05, 4.69) is 0 Å². The summed E-state index contributed by atoms with van der Waals surface area (Å²) in [6, 6.07) is 0. The van der Waals surface area contributed by atoms with Gasteiger partial charge in [-0.25, -0.2) is 28.1 Å². The first kappa shape index (κ1) is 42.2. The van der Waals surface area contributed by atoms with E-state index < -0.39 is 17.1 Å². The van der Waals surface area contributed by atoms with E-state index in [-0.39, 0.29) is 53.1 Å². The highest BCUT2D eigenvalue weighted by Gasteiger charge is 2.30. The molecule has 0 atom stereocenters. The van der Waals surface area contributed by atoms with Gasteiger partial charge in [0.25, 0.3) is 0 Å². The molecule has 9 heteroatoms. The maximum atomic E-state index is 14.6. The molecule has 0 unspecified atom stereocenters. The molecule has 294 valence electrons. The average molecular weight is 742 g/mol. The molecule has 3 N–H and O–H groups in total. The molecule has 0 saturated carbocycles.